The van der Waals surface area contributed by atoms with Crippen LogP contribution in [0.3, 0.4) is 0 Å². The van der Waals surface area contributed by atoms with Gasteiger partial charge in [0, 0.05) is 13.1 Å². The van der Waals surface area contributed by atoms with Gasteiger partial charge in [0.25, 0.3) is 5.91 Å². The van der Waals surface area contributed by atoms with E-state index in [4.69, 9.17) is 19.9 Å². The smallest absolute Gasteiger partial charge is 0.252 e. The van der Waals surface area contributed by atoms with Crippen LogP contribution in [0, 0.1) is 0 Å². The van der Waals surface area contributed by atoms with Crippen LogP contribution in [0.1, 0.15) is 5.56 Å². The molecule has 0 spiro atoms. The topological polar surface area (TPSA) is 120 Å². The highest BCUT2D eigenvalue weighted by atomic mass is 16.7. The minimum atomic E-state index is -1.29. The van der Waals surface area contributed by atoms with Gasteiger partial charge in [-0.15, -0.1) is 0 Å². The van der Waals surface area contributed by atoms with Gasteiger partial charge >= 0.3 is 0 Å². The van der Waals surface area contributed by atoms with Crippen molar-refractivity contribution in [2.75, 3.05) is 26.5 Å². The molecule has 1 aromatic carbocycles. The van der Waals surface area contributed by atoms with Crippen molar-refractivity contribution < 1.29 is 28.6 Å². The van der Waals surface area contributed by atoms with Crippen molar-refractivity contribution in [2.24, 2.45) is 5.73 Å². The molecule has 9 heteroatoms. The summed E-state index contributed by atoms with van der Waals surface area (Å²) in [5.41, 5.74) is 6.01. The van der Waals surface area contributed by atoms with Gasteiger partial charge in [-0.05, 0) is 17.7 Å². The van der Waals surface area contributed by atoms with E-state index in [9.17, 15) is 14.4 Å². The van der Waals surface area contributed by atoms with Crippen molar-refractivity contribution in [3.8, 4) is 11.5 Å². The van der Waals surface area contributed by atoms with Gasteiger partial charge in [-0.3, -0.25) is 14.4 Å². The number of nitrogens with zero attached hydrogens (tertiary/aromatic N) is 1. The summed E-state index contributed by atoms with van der Waals surface area (Å²) in [5, 5.41) is 2.50. The molecule has 3 rings (SSSR count). The predicted octanol–water partition coefficient (Wildman–Crippen LogP) is -1.26. The number of rotatable bonds is 5. The first-order chi connectivity index (χ1) is 11.6. The number of nitrogens with one attached hydrogen (secondary N) is 1. The number of hydrogen-bond donors (Lipinski definition) is 2. The largest absolute Gasteiger partial charge is 0.454 e. The van der Waals surface area contributed by atoms with Gasteiger partial charge in [-0.25, -0.2) is 0 Å². The number of fused-ring (bicyclic) bond motifs is 1. The van der Waals surface area contributed by atoms with Crippen molar-refractivity contribution >= 4 is 17.7 Å². The standard InChI is InChI=1S/C15H17N3O6/c16-14(20)13-15(21)17-3-4-18(13)12(19)7-22-6-9-1-2-10-11(5-9)24-8-23-10/h1-2,5,13H,3-4,6-8H2,(H2,16,20)(H,17,21). The van der Waals surface area contributed by atoms with Gasteiger partial charge in [0.05, 0.1) is 6.61 Å². The maximum absolute atomic E-state index is 12.2. The molecule has 1 fully saturated rings. The molecule has 0 aliphatic carbocycles. The van der Waals surface area contributed by atoms with E-state index in [1.165, 1.54) is 0 Å². The van der Waals surface area contributed by atoms with Gasteiger partial charge in [0.1, 0.15) is 6.61 Å². The lowest BCUT2D eigenvalue weighted by molar-refractivity contribution is -0.151. The monoisotopic (exact) mass is 335 g/mol. The third-order valence-corrected chi connectivity index (χ3v) is 3.73. The quantitative estimate of drug-likeness (QED) is 0.648. The molecule has 2 heterocycles. The van der Waals surface area contributed by atoms with Crippen molar-refractivity contribution in [3.63, 3.8) is 0 Å². The highest BCUT2D eigenvalue weighted by molar-refractivity contribution is 6.06. The third-order valence-electron chi connectivity index (χ3n) is 3.73. The highest BCUT2D eigenvalue weighted by Crippen LogP contribution is 2.32. The summed E-state index contributed by atoms with van der Waals surface area (Å²) in [7, 11) is 0. The van der Waals surface area contributed by atoms with Crippen LogP contribution in [0.5, 0.6) is 11.5 Å². The maximum atomic E-state index is 12.2. The minimum absolute atomic E-state index is 0.184. The molecule has 2 aliphatic heterocycles. The fourth-order valence-electron chi connectivity index (χ4n) is 2.59. The Bertz CT molecular complexity index is 677. The first-order valence-corrected chi connectivity index (χ1v) is 7.39. The van der Waals surface area contributed by atoms with Crippen molar-refractivity contribution in [2.45, 2.75) is 12.6 Å². The Hall–Kier alpha value is -2.81. The van der Waals surface area contributed by atoms with Crippen molar-refractivity contribution in [1.82, 2.24) is 10.2 Å². The molecular formula is C15H17N3O6. The zero-order valence-corrected chi connectivity index (χ0v) is 12.8. The Balaban J connectivity index is 1.55. The zero-order valence-electron chi connectivity index (χ0n) is 12.8. The number of nitrogens with two attached hydrogens (primary N) is 1. The van der Waals surface area contributed by atoms with Gasteiger partial charge in [-0.2, -0.15) is 0 Å². The second-order valence-corrected chi connectivity index (χ2v) is 5.36. The van der Waals surface area contributed by atoms with E-state index in [0.29, 0.717) is 11.5 Å². The zero-order chi connectivity index (χ0) is 17.1. The molecule has 0 aromatic heterocycles. The van der Waals surface area contributed by atoms with Crippen LogP contribution < -0.4 is 20.5 Å². The number of carbonyl (C=O) groups is 3. The van der Waals surface area contributed by atoms with Crippen molar-refractivity contribution in [3.05, 3.63) is 23.8 Å². The Morgan fingerprint density at radius 2 is 2.12 bits per heavy atom. The fourth-order valence-corrected chi connectivity index (χ4v) is 2.59. The molecule has 128 valence electrons. The second kappa shape index (κ2) is 6.75. The lowest BCUT2D eigenvalue weighted by atomic mass is 10.1. The van der Waals surface area contributed by atoms with Crippen LogP contribution in [0.15, 0.2) is 18.2 Å². The number of primary amides is 1. The predicted molar refractivity (Wildman–Crippen MR) is 79.9 cm³/mol. The molecule has 3 amide bonds. The molecule has 1 aromatic rings. The Kier molecular flexibility index (Phi) is 4.52. The van der Waals surface area contributed by atoms with E-state index in [2.05, 4.69) is 5.32 Å². The molecule has 24 heavy (non-hydrogen) atoms. The van der Waals surface area contributed by atoms with E-state index in [1.54, 1.807) is 18.2 Å². The van der Waals surface area contributed by atoms with Crippen LogP contribution in [0.25, 0.3) is 0 Å². The number of carbonyl (C=O) groups excluding carboxylic acids is 3. The lowest BCUT2D eigenvalue weighted by Gasteiger charge is -2.32. The number of benzene rings is 1. The van der Waals surface area contributed by atoms with Gasteiger partial charge < -0.3 is 30.2 Å². The van der Waals surface area contributed by atoms with E-state index >= 15 is 0 Å². The summed E-state index contributed by atoms with van der Waals surface area (Å²) in [4.78, 5) is 36.4. The summed E-state index contributed by atoms with van der Waals surface area (Å²) in [6.07, 6.45) is 0. The number of amides is 3. The lowest BCUT2D eigenvalue weighted by Crippen LogP contribution is -2.62. The molecule has 1 unspecified atom stereocenters. The van der Waals surface area contributed by atoms with Crippen molar-refractivity contribution in [1.29, 1.82) is 0 Å². The number of piperazine rings is 1. The normalized spacial score (nSPS) is 19.1. The first-order valence-electron chi connectivity index (χ1n) is 7.39. The summed E-state index contributed by atoms with van der Waals surface area (Å²) in [6.45, 7) is 0.598. The minimum Gasteiger partial charge on any atom is -0.454 e. The van der Waals surface area contributed by atoms with E-state index < -0.39 is 23.8 Å². The number of ether oxygens (including phenoxy) is 3. The van der Waals surface area contributed by atoms with E-state index in [-0.39, 0.29) is 33.1 Å². The Morgan fingerprint density at radius 1 is 1.33 bits per heavy atom. The fraction of sp³-hybridized carbons (Fsp3) is 0.400. The molecule has 1 atom stereocenters. The average molecular weight is 335 g/mol. The summed E-state index contributed by atoms with van der Waals surface area (Å²) in [6, 6.07) is 4.05. The SMILES string of the molecule is NC(=O)C1C(=O)NCCN1C(=O)COCc1ccc2c(c1)OCO2. The summed E-state index contributed by atoms with van der Waals surface area (Å²) < 4.78 is 15.9. The molecule has 0 radical (unpaired) electrons. The van der Waals surface area contributed by atoms with Crippen LogP contribution in [0.4, 0.5) is 0 Å². The van der Waals surface area contributed by atoms with E-state index in [0.717, 1.165) is 10.5 Å². The molecule has 0 bridgehead atoms. The molecule has 9 nitrogen and oxygen atoms in total. The van der Waals surface area contributed by atoms with Crippen LogP contribution >= 0.6 is 0 Å². The molecule has 2 aliphatic rings. The Labute approximate surface area is 137 Å². The Morgan fingerprint density at radius 3 is 2.92 bits per heavy atom. The maximum Gasteiger partial charge on any atom is 0.252 e. The molecule has 1 saturated heterocycles. The van der Waals surface area contributed by atoms with Gasteiger partial charge in [0.15, 0.2) is 17.5 Å². The van der Waals surface area contributed by atoms with Crippen LogP contribution in [-0.2, 0) is 25.7 Å². The van der Waals surface area contributed by atoms with Gasteiger partial charge in [-0.1, -0.05) is 6.07 Å². The van der Waals surface area contributed by atoms with Gasteiger partial charge in [0.2, 0.25) is 18.6 Å². The van der Waals surface area contributed by atoms with Crippen LogP contribution in [-0.4, -0.2) is 55.2 Å². The second-order valence-electron chi connectivity index (χ2n) is 5.36. The summed E-state index contributed by atoms with van der Waals surface area (Å²) in [5.74, 6) is -0.606. The molecule has 0 saturated carbocycles. The average Bonchev–Trinajstić information content (AvgIpc) is 3.01. The highest BCUT2D eigenvalue weighted by Gasteiger charge is 2.37. The first kappa shape index (κ1) is 16.1. The number of hydrogen-bond acceptors (Lipinski definition) is 6. The van der Waals surface area contributed by atoms with E-state index in [1.807, 2.05) is 0 Å². The summed E-state index contributed by atoms with van der Waals surface area (Å²) >= 11 is 0. The third kappa shape index (κ3) is 3.25. The van der Waals surface area contributed by atoms with Crippen LogP contribution in [0.2, 0.25) is 0 Å². The molecule has 3 N–H and O–H groups in total. The molecular weight excluding hydrogens is 318 g/mol.